The SMILES string of the molecule is CCCC1(CNCC(=O)N(CC)CC)CC1. The third-order valence-corrected chi connectivity index (χ3v) is 3.63. The van der Waals surface area contributed by atoms with Crippen LogP contribution in [-0.2, 0) is 4.79 Å². The predicted molar refractivity (Wildman–Crippen MR) is 67.4 cm³/mol. The van der Waals surface area contributed by atoms with E-state index in [9.17, 15) is 4.79 Å². The van der Waals surface area contributed by atoms with E-state index in [2.05, 4.69) is 12.2 Å². The van der Waals surface area contributed by atoms with Gasteiger partial charge in [0.1, 0.15) is 0 Å². The molecule has 0 atom stereocenters. The van der Waals surface area contributed by atoms with Gasteiger partial charge in [-0.2, -0.15) is 0 Å². The highest BCUT2D eigenvalue weighted by Gasteiger charge is 2.40. The number of likely N-dealkylation sites (N-methyl/N-ethyl adjacent to an activating group) is 1. The summed E-state index contributed by atoms with van der Waals surface area (Å²) in [4.78, 5) is 13.6. The minimum atomic E-state index is 0.234. The molecule has 0 spiro atoms. The monoisotopic (exact) mass is 226 g/mol. The van der Waals surface area contributed by atoms with Gasteiger partial charge >= 0.3 is 0 Å². The normalized spacial score (nSPS) is 17.2. The molecule has 1 amide bonds. The number of carbonyl (C=O) groups excluding carboxylic acids is 1. The van der Waals surface area contributed by atoms with Gasteiger partial charge in [0.05, 0.1) is 6.54 Å². The molecule has 0 aromatic heterocycles. The van der Waals surface area contributed by atoms with Gasteiger partial charge in [-0.3, -0.25) is 4.79 Å². The van der Waals surface area contributed by atoms with Gasteiger partial charge in [0.2, 0.25) is 5.91 Å². The second kappa shape index (κ2) is 6.24. The van der Waals surface area contributed by atoms with E-state index in [4.69, 9.17) is 0 Å². The van der Waals surface area contributed by atoms with Crippen molar-refractivity contribution in [3.63, 3.8) is 0 Å². The van der Waals surface area contributed by atoms with Crippen LogP contribution in [-0.4, -0.2) is 37.0 Å². The molecule has 0 radical (unpaired) electrons. The van der Waals surface area contributed by atoms with Crippen molar-refractivity contribution in [2.45, 2.75) is 46.5 Å². The molecule has 0 heterocycles. The summed E-state index contributed by atoms with van der Waals surface area (Å²) in [5, 5.41) is 3.33. The maximum atomic E-state index is 11.7. The highest BCUT2D eigenvalue weighted by Crippen LogP contribution is 2.48. The Balaban J connectivity index is 2.17. The number of amides is 1. The largest absolute Gasteiger partial charge is 0.342 e. The zero-order valence-electron chi connectivity index (χ0n) is 11.0. The average molecular weight is 226 g/mol. The first-order valence-electron chi connectivity index (χ1n) is 6.66. The Morgan fingerprint density at radius 2 is 1.88 bits per heavy atom. The van der Waals surface area contributed by atoms with Gasteiger partial charge in [-0.15, -0.1) is 0 Å². The van der Waals surface area contributed by atoms with Crippen LogP contribution >= 0.6 is 0 Å². The van der Waals surface area contributed by atoms with E-state index < -0.39 is 0 Å². The summed E-state index contributed by atoms with van der Waals surface area (Å²) in [5.74, 6) is 0.234. The van der Waals surface area contributed by atoms with Crippen LogP contribution < -0.4 is 5.32 Å². The van der Waals surface area contributed by atoms with Crippen LogP contribution in [0.5, 0.6) is 0 Å². The second-order valence-electron chi connectivity index (χ2n) is 4.92. The van der Waals surface area contributed by atoms with E-state index in [-0.39, 0.29) is 5.91 Å². The molecule has 3 heteroatoms. The lowest BCUT2D eigenvalue weighted by atomic mass is 10.0. The van der Waals surface area contributed by atoms with Crippen molar-refractivity contribution in [1.82, 2.24) is 10.2 Å². The van der Waals surface area contributed by atoms with Crippen LogP contribution in [0.15, 0.2) is 0 Å². The highest BCUT2D eigenvalue weighted by atomic mass is 16.2. The maximum absolute atomic E-state index is 11.7. The number of nitrogens with one attached hydrogen (secondary N) is 1. The number of carbonyl (C=O) groups is 1. The molecular formula is C13H26N2O. The predicted octanol–water partition coefficient (Wildman–Crippen LogP) is 2.02. The van der Waals surface area contributed by atoms with Gasteiger partial charge in [0, 0.05) is 19.6 Å². The first kappa shape index (κ1) is 13.5. The molecule has 1 aliphatic rings. The van der Waals surface area contributed by atoms with Crippen LogP contribution in [0.1, 0.15) is 46.5 Å². The standard InChI is InChI=1S/C13H26N2O/c1-4-7-13(8-9-13)11-14-10-12(16)15(5-2)6-3/h14H,4-11H2,1-3H3. The summed E-state index contributed by atoms with van der Waals surface area (Å²) in [6.07, 6.45) is 5.24. The van der Waals surface area contributed by atoms with E-state index in [1.165, 1.54) is 25.7 Å². The zero-order chi connectivity index (χ0) is 12.0. The molecule has 1 saturated carbocycles. The van der Waals surface area contributed by atoms with Crippen molar-refractivity contribution in [3.05, 3.63) is 0 Å². The zero-order valence-corrected chi connectivity index (χ0v) is 11.0. The highest BCUT2D eigenvalue weighted by molar-refractivity contribution is 5.78. The Bertz CT molecular complexity index is 220. The molecule has 0 saturated heterocycles. The molecule has 1 rings (SSSR count). The Labute approximate surface area is 99.6 Å². The van der Waals surface area contributed by atoms with Crippen LogP contribution in [0.2, 0.25) is 0 Å². The van der Waals surface area contributed by atoms with Crippen molar-refractivity contribution in [1.29, 1.82) is 0 Å². The molecule has 0 aromatic carbocycles. The summed E-state index contributed by atoms with van der Waals surface area (Å²) in [5.41, 5.74) is 0.540. The summed E-state index contributed by atoms with van der Waals surface area (Å²) < 4.78 is 0. The van der Waals surface area contributed by atoms with Gasteiger partial charge in [-0.05, 0) is 38.5 Å². The fraction of sp³-hybridized carbons (Fsp3) is 0.923. The Hall–Kier alpha value is -0.570. The lowest BCUT2D eigenvalue weighted by Gasteiger charge is -2.20. The lowest BCUT2D eigenvalue weighted by Crippen LogP contribution is -2.39. The fourth-order valence-corrected chi connectivity index (χ4v) is 2.34. The van der Waals surface area contributed by atoms with E-state index in [0.717, 1.165) is 19.6 Å². The summed E-state index contributed by atoms with van der Waals surface area (Å²) in [6, 6.07) is 0. The van der Waals surface area contributed by atoms with Crippen LogP contribution in [0.3, 0.4) is 0 Å². The molecule has 1 N–H and O–H groups in total. The molecule has 16 heavy (non-hydrogen) atoms. The first-order valence-corrected chi connectivity index (χ1v) is 6.66. The molecule has 1 fully saturated rings. The number of hydrogen-bond donors (Lipinski definition) is 1. The van der Waals surface area contributed by atoms with Crippen molar-refractivity contribution >= 4 is 5.91 Å². The number of rotatable bonds is 8. The summed E-state index contributed by atoms with van der Waals surface area (Å²) >= 11 is 0. The van der Waals surface area contributed by atoms with E-state index in [1.54, 1.807) is 0 Å². The molecule has 0 unspecified atom stereocenters. The van der Waals surface area contributed by atoms with Crippen molar-refractivity contribution < 1.29 is 4.79 Å². The third kappa shape index (κ3) is 3.78. The van der Waals surface area contributed by atoms with Gasteiger partial charge in [-0.1, -0.05) is 13.3 Å². The van der Waals surface area contributed by atoms with Gasteiger partial charge in [0.25, 0.3) is 0 Å². The molecule has 0 aliphatic heterocycles. The van der Waals surface area contributed by atoms with Gasteiger partial charge in [-0.25, -0.2) is 0 Å². The van der Waals surface area contributed by atoms with Crippen LogP contribution in [0, 0.1) is 5.41 Å². The maximum Gasteiger partial charge on any atom is 0.236 e. The molecule has 1 aliphatic carbocycles. The van der Waals surface area contributed by atoms with E-state index >= 15 is 0 Å². The van der Waals surface area contributed by atoms with Crippen molar-refractivity contribution in [2.75, 3.05) is 26.2 Å². The van der Waals surface area contributed by atoms with E-state index in [0.29, 0.717) is 12.0 Å². The average Bonchev–Trinajstić information content (AvgIpc) is 3.00. The molecule has 0 aromatic rings. The van der Waals surface area contributed by atoms with Crippen LogP contribution in [0.4, 0.5) is 0 Å². The van der Waals surface area contributed by atoms with E-state index in [1.807, 2.05) is 18.7 Å². The topological polar surface area (TPSA) is 32.3 Å². The van der Waals surface area contributed by atoms with Crippen LogP contribution in [0.25, 0.3) is 0 Å². The Morgan fingerprint density at radius 1 is 1.25 bits per heavy atom. The third-order valence-electron chi connectivity index (χ3n) is 3.63. The van der Waals surface area contributed by atoms with Crippen molar-refractivity contribution in [2.24, 2.45) is 5.41 Å². The molecule has 94 valence electrons. The quantitative estimate of drug-likeness (QED) is 0.687. The number of hydrogen-bond acceptors (Lipinski definition) is 2. The molecule has 0 bridgehead atoms. The van der Waals surface area contributed by atoms with Gasteiger partial charge in [0.15, 0.2) is 0 Å². The molecular weight excluding hydrogens is 200 g/mol. The second-order valence-corrected chi connectivity index (χ2v) is 4.92. The van der Waals surface area contributed by atoms with Crippen molar-refractivity contribution in [3.8, 4) is 0 Å². The minimum Gasteiger partial charge on any atom is -0.342 e. The molecule has 3 nitrogen and oxygen atoms in total. The lowest BCUT2D eigenvalue weighted by molar-refractivity contribution is -0.129. The number of nitrogens with zero attached hydrogens (tertiary/aromatic N) is 1. The smallest absolute Gasteiger partial charge is 0.236 e. The fourth-order valence-electron chi connectivity index (χ4n) is 2.34. The first-order chi connectivity index (χ1) is 7.67. The Kier molecular flexibility index (Phi) is 5.26. The summed E-state index contributed by atoms with van der Waals surface area (Å²) in [7, 11) is 0. The van der Waals surface area contributed by atoms with Gasteiger partial charge < -0.3 is 10.2 Å². The minimum absolute atomic E-state index is 0.234. The summed E-state index contributed by atoms with van der Waals surface area (Å²) in [6.45, 7) is 9.46. The Morgan fingerprint density at radius 3 is 2.31 bits per heavy atom.